The molecule has 0 unspecified atom stereocenters. The average Bonchev–Trinajstić information content (AvgIpc) is 2.83. The van der Waals surface area contributed by atoms with E-state index >= 15 is 0 Å². The summed E-state index contributed by atoms with van der Waals surface area (Å²) in [5.41, 5.74) is 13.3. The fourth-order valence-electron chi connectivity index (χ4n) is 2.22. The standard InChI is InChI=1S/C10H12N2O.C5H11NO2/c11-10(12-13)9-6-2-4-7-3-1-5-8(7)9;1-5(2,3)8-4(6)7/h2,4,6,13H,1,3,5H2,(H2,11,12);1-3H3,(H2,6,7). The number of primary amides is 1. The Labute approximate surface area is 124 Å². The van der Waals surface area contributed by atoms with Gasteiger partial charge in [-0.3, -0.25) is 0 Å². The van der Waals surface area contributed by atoms with Gasteiger partial charge in [0.05, 0.1) is 0 Å². The summed E-state index contributed by atoms with van der Waals surface area (Å²) in [7, 11) is 0. The minimum atomic E-state index is -0.725. The predicted octanol–water partition coefficient (Wildman–Crippen LogP) is 2.15. The van der Waals surface area contributed by atoms with Gasteiger partial charge < -0.3 is 21.4 Å². The summed E-state index contributed by atoms with van der Waals surface area (Å²) in [6, 6.07) is 5.97. The van der Waals surface area contributed by atoms with Crippen molar-refractivity contribution in [2.24, 2.45) is 16.6 Å². The van der Waals surface area contributed by atoms with Crippen molar-refractivity contribution in [2.75, 3.05) is 0 Å². The van der Waals surface area contributed by atoms with Crippen molar-refractivity contribution in [3.05, 3.63) is 34.9 Å². The summed E-state index contributed by atoms with van der Waals surface area (Å²) in [6.07, 6.45) is 2.60. The number of nitrogens with zero attached hydrogens (tertiary/aromatic N) is 1. The summed E-state index contributed by atoms with van der Waals surface area (Å²) in [6.45, 7) is 5.28. The molecule has 21 heavy (non-hydrogen) atoms. The lowest BCUT2D eigenvalue weighted by molar-refractivity contribution is 0.0600. The Morgan fingerprint density at radius 3 is 2.43 bits per heavy atom. The van der Waals surface area contributed by atoms with Crippen LogP contribution in [-0.2, 0) is 17.6 Å². The van der Waals surface area contributed by atoms with E-state index in [4.69, 9.17) is 16.7 Å². The Morgan fingerprint density at radius 2 is 1.95 bits per heavy atom. The number of oxime groups is 1. The first-order valence-electron chi connectivity index (χ1n) is 6.81. The third kappa shape index (κ3) is 5.33. The van der Waals surface area contributed by atoms with Gasteiger partial charge in [-0.25, -0.2) is 4.79 Å². The van der Waals surface area contributed by atoms with Crippen molar-refractivity contribution >= 4 is 11.9 Å². The van der Waals surface area contributed by atoms with E-state index in [-0.39, 0.29) is 5.84 Å². The molecule has 5 N–H and O–H groups in total. The first-order valence-corrected chi connectivity index (χ1v) is 6.81. The van der Waals surface area contributed by atoms with Crippen LogP contribution in [0.15, 0.2) is 23.4 Å². The van der Waals surface area contributed by atoms with Crippen LogP contribution in [0.3, 0.4) is 0 Å². The monoisotopic (exact) mass is 293 g/mol. The van der Waals surface area contributed by atoms with Crippen LogP contribution in [0.4, 0.5) is 4.79 Å². The van der Waals surface area contributed by atoms with Gasteiger partial charge in [-0.05, 0) is 51.2 Å². The zero-order chi connectivity index (χ0) is 16.0. The minimum absolute atomic E-state index is 0.221. The van der Waals surface area contributed by atoms with E-state index in [2.05, 4.69) is 16.0 Å². The lowest BCUT2D eigenvalue weighted by Gasteiger charge is -2.16. The quantitative estimate of drug-likeness (QED) is 0.319. The summed E-state index contributed by atoms with van der Waals surface area (Å²) in [5.74, 6) is 0.221. The zero-order valence-corrected chi connectivity index (χ0v) is 12.7. The molecule has 0 heterocycles. The first kappa shape index (κ1) is 16.8. The van der Waals surface area contributed by atoms with Gasteiger partial charge in [0.25, 0.3) is 0 Å². The second kappa shape index (κ2) is 6.97. The van der Waals surface area contributed by atoms with E-state index in [9.17, 15) is 4.79 Å². The summed E-state index contributed by atoms with van der Waals surface area (Å²) in [4.78, 5) is 10.0. The van der Waals surface area contributed by atoms with Gasteiger partial charge in [0.2, 0.25) is 0 Å². The number of nitrogens with two attached hydrogens (primary N) is 2. The Kier molecular flexibility index (Phi) is 5.58. The maximum absolute atomic E-state index is 10.0. The summed E-state index contributed by atoms with van der Waals surface area (Å²) >= 11 is 0. The van der Waals surface area contributed by atoms with Gasteiger partial charge in [-0.1, -0.05) is 23.4 Å². The van der Waals surface area contributed by atoms with Crippen LogP contribution in [0.1, 0.15) is 43.9 Å². The molecular weight excluding hydrogens is 270 g/mol. The molecule has 0 aromatic heterocycles. The number of rotatable bonds is 1. The second-order valence-electron chi connectivity index (χ2n) is 5.82. The number of hydrogen-bond acceptors (Lipinski definition) is 4. The Morgan fingerprint density at radius 1 is 1.29 bits per heavy atom. The molecule has 116 valence electrons. The fraction of sp³-hybridized carbons (Fsp3) is 0.467. The van der Waals surface area contributed by atoms with Gasteiger partial charge in [-0.2, -0.15) is 0 Å². The van der Waals surface area contributed by atoms with Crippen LogP contribution in [0.5, 0.6) is 0 Å². The number of carbonyl (C=O) groups excluding carboxylic acids is 1. The third-order valence-electron chi connectivity index (χ3n) is 2.94. The number of amides is 1. The van der Waals surface area contributed by atoms with Crippen molar-refractivity contribution in [3.63, 3.8) is 0 Å². The highest BCUT2D eigenvalue weighted by Gasteiger charge is 2.16. The number of carbonyl (C=O) groups is 1. The molecule has 1 amide bonds. The number of ether oxygens (including phenoxy) is 1. The van der Waals surface area contributed by atoms with E-state index in [1.807, 2.05) is 12.1 Å². The number of fused-ring (bicyclic) bond motifs is 1. The molecule has 6 nitrogen and oxygen atoms in total. The molecule has 2 rings (SSSR count). The van der Waals surface area contributed by atoms with Crippen LogP contribution >= 0.6 is 0 Å². The molecule has 1 aliphatic carbocycles. The van der Waals surface area contributed by atoms with Crippen molar-refractivity contribution in [1.29, 1.82) is 0 Å². The van der Waals surface area contributed by atoms with Gasteiger partial charge in [0.1, 0.15) is 5.60 Å². The highest BCUT2D eigenvalue weighted by molar-refractivity contribution is 5.98. The highest BCUT2D eigenvalue weighted by atomic mass is 16.6. The van der Waals surface area contributed by atoms with Crippen molar-refractivity contribution in [3.8, 4) is 0 Å². The molecule has 0 bridgehead atoms. The van der Waals surface area contributed by atoms with Gasteiger partial charge in [0, 0.05) is 5.56 Å². The topological polar surface area (TPSA) is 111 Å². The SMILES string of the molecule is CC(C)(C)OC(N)=O.N/C(=N/O)c1cccc2c1CCC2. The largest absolute Gasteiger partial charge is 0.444 e. The molecule has 1 aromatic rings. The molecule has 6 heteroatoms. The molecule has 0 saturated heterocycles. The lowest BCUT2D eigenvalue weighted by atomic mass is 10.0. The van der Waals surface area contributed by atoms with E-state index < -0.39 is 11.7 Å². The molecule has 0 fully saturated rings. The Bertz CT molecular complexity index is 533. The third-order valence-corrected chi connectivity index (χ3v) is 2.94. The molecule has 1 aliphatic rings. The van der Waals surface area contributed by atoms with Gasteiger partial charge in [0.15, 0.2) is 5.84 Å². The zero-order valence-electron chi connectivity index (χ0n) is 12.7. The highest BCUT2D eigenvalue weighted by Crippen LogP contribution is 2.24. The molecule has 0 spiro atoms. The Hall–Kier alpha value is -2.24. The van der Waals surface area contributed by atoms with Crippen LogP contribution in [0.2, 0.25) is 0 Å². The smallest absolute Gasteiger partial charge is 0.405 e. The number of amidine groups is 1. The number of benzene rings is 1. The van der Waals surface area contributed by atoms with Crippen LogP contribution in [0, 0.1) is 0 Å². The molecule has 0 atom stereocenters. The van der Waals surface area contributed by atoms with Crippen LogP contribution in [-0.4, -0.2) is 22.7 Å². The lowest BCUT2D eigenvalue weighted by Crippen LogP contribution is -2.27. The fourth-order valence-corrected chi connectivity index (χ4v) is 2.22. The van der Waals surface area contributed by atoms with Crippen molar-refractivity contribution in [2.45, 2.75) is 45.6 Å². The first-order chi connectivity index (χ1) is 9.74. The summed E-state index contributed by atoms with van der Waals surface area (Å²) in [5, 5.41) is 11.6. The van der Waals surface area contributed by atoms with E-state index in [0.717, 1.165) is 18.4 Å². The molecular formula is C15H23N3O3. The van der Waals surface area contributed by atoms with E-state index in [1.165, 1.54) is 17.5 Å². The van der Waals surface area contributed by atoms with E-state index in [1.54, 1.807) is 20.8 Å². The number of aryl methyl sites for hydroxylation is 1. The average molecular weight is 293 g/mol. The maximum atomic E-state index is 10.0. The molecule has 0 aliphatic heterocycles. The van der Waals surface area contributed by atoms with Crippen molar-refractivity contribution in [1.82, 2.24) is 0 Å². The van der Waals surface area contributed by atoms with Crippen LogP contribution < -0.4 is 11.5 Å². The summed E-state index contributed by atoms with van der Waals surface area (Å²) < 4.78 is 4.58. The predicted molar refractivity (Wildman–Crippen MR) is 81.4 cm³/mol. The molecule has 1 aromatic carbocycles. The Balaban J connectivity index is 0.000000240. The van der Waals surface area contributed by atoms with Crippen molar-refractivity contribution < 1.29 is 14.7 Å². The van der Waals surface area contributed by atoms with E-state index in [0.29, 0.717) is 0 Å². The van der Waals surface area contributed by atoms with Gasteiger partial charge >= 0.3 is 6.09 Å². The maximum Gasteiger partial charge on any atom is 0.405 e. The normalized spacial score (nSPS) is 14.0. The van der Waals surface area contributed by atoms with Gasteiger partial charge in [-0.15, -0.1) is 0 Å². The van der Waals surface area contributed by atoms with Crippen LogP contribution in [0.25, 0.3) is 0 Å². The second-order valence-corrected chi connectivity index (χ2v) is 5.82. The number of hydrogen-bond donors (Lipinski definition) is 3. The minimum Gasteiger partial charge on any atom is -0.444 e. The molecule has 0 radical (unpaired) electrons. The molecule has 0 saturated carbocycles.